The molecule has 112 valence electrons. The molecule has 1 aliphatic rings. The first-order valence-electron chi connectivity index (χ1n) is 7.00. The standard InChI is InChI=1S/C15H23FN2O2/c1-15(2,10-19)14(18-7-5-17-6-8-18)12-4-3-11(20)9-13(12)16/h3-4,9,14,17,19-20H,5-8,10H2,1-2H3/t14-/m0/s1. The Hall–Kier alpha value is -1.17. The van der Waals surface area contributed by atoms with Crippen molar-refractivity contribution in [3.63, 3.8) is 0 Å². The highest BCUT2D eigenvalue weighted by Crippen LogP contribution is 2.39. The highest BCUT2D eigenvalue weighted by molar-refractivity contribution is 5.31. The molecular formula is C15H23FN2O2. The summed E-state index contributed by atoms with van der Waals surface area (Å²) in [6, 6.07) is 4.04. The molecule has 2 rings (SSSR count). The van der Waals surface area contributed by atoms with Crippen LogP contribution in [0.2, 0.25) is 0 Å². The number of aliphatic hydroxyl groups is 1. The van der Waals surface area contributed by atoms with Gasteiger partial charge in [-0.25, -0.2) is 4.39 Å². The van der Waals surface area contributed by atoms with E-state index in [4.69, 9.17) is 0 Å². The van der Waals surface area contributed by atoms with E-state index in [0.717, 1.165) is 32.2 Å². The molecule has 1 heterocycles. The zero-order valence-corrected chi connectivity index (χ0v) is 12.1. The lowest BCUT2D eigenvalue weighted by atomic mass is 9.79. The Kier molecular flexibility index (Phi) is 4.62. The van der Waals surface area contributed by atoms with Crippen LogP contribution in [-0.2, 0) is 0 Å². The maximum absolute atomic E-state index is 14.2. The summed E-state index contributed by atoms with van der Waals surface area (Å²) in [5, 5.41) is 22.3. The van der Waals surface area contributed by atoms with Crippen LogP contribution >= 0.6 is 0 Å². The Morgan fingerprint density at radius 2 is 2.00 bits per heavy atom. The summed E-state index contributed by atoms with van der Waals surface area (Å²) >= 11 is 0. The van der Waals surface area contributed by atoms with Crippen molar-refractivity contribution in [2.24, 2.45) is 5.41 Å². The van der Waals surface area contributed by atoms with Crippen molar-refractivity contribution in [1.29, 1.82) is 0 Å². The summed E-state index contributed by atoms with van der Waals surface area (Å²) in [4.78, 5) is 2.20. The molecule has 1 fully saturated rings. The number of hydrogen-bond donors (Lipinski definition) is 3. The largest absolute Gasteiger partial charge is 0.508 e. The number of piperazine rings is 1. The quantitative estimate of drug-likeness (QED) is 0.783. The first kappa shape index (κ1) is 15.2. The molecular weight excluding hydrogens is 259 g/mol. The minimum atomic E-state index is -0.463. The molecule has 0 unspecified atom stereocenters. The molecule has 0 aromatic heterocycles. The molecule has 1 saturated heterocycles. The summed E-state index contributed by atoms with van der Waals surface area (Å²) in [7, 11) is 0. The minimum absolute atomic E-state index is 0.0259. The second-order valence-electron chi connectivity index (χ2n) is 6.04. The SMILES string of the molecule is CC(C)(CO)[C@H](c1ccc(O)cc1F)N1CCNCC1. The van der Waals surface area contributed by atoms with Crippen LogP contribution in [0.4, 0.5) is 4.39 Å². The number of aromatic hydroxyl groups is 1. The van der Waals surface area contributed by atoms with Crippen LogP contribution in [0.5, 0.6) is 5.75 Å². The summed E-state index contributed by atoms with van der Waals surface area (Å²) in [5.74, 6) is -0.498. The number of nitrogens with zero attached hydrogens (tertiary/aromatic N) is 1. The number of benzene rings is 1. The monoisotopic (exact) mass is 282 g/mol. The first-order valence-corrected chi connectivity index (χ1v) is 7.00. The van der Waals surface area contributed by atoms with Gasteiger partial charge < -0.3 is 15.5 Å². The van der Waals surface area contributed by atoms with Crippen LogP contribution < -0.4 is 5.32 Å². The van der Waals surface area contributed by atoms with Gasteiger partial charge in [0.15, 0.2) is 0 Å². The van der Waals surface area contributed by atoms with Gasteiger partial charge in [0.1, 0.15) is 11.6 Å². The highest BCUT2D eigenvalue weighted by atomic mass is 19.1. The molecule has 1 aromatic rings. The fraction of sp³-hybridized carbons (Fsp3) is 0.600. The molecule has 0 saturated carbocycles. The molecule has 1 aromatic carbocycles. The lowest BCUT2D eigenvalue weighted by Crippen LogP contribution is -2.49. The van der Waals surface area contributed by atoms with Crippen LogP contribution in [-0.4, -0.2) is 47.9 Å². The number of hydrogen-bond acceptors (Lipinski definition) is 4. The molecule has 0 spiro atoms. The van der Waals surface area contributed by atoms with Crippen molar-refractivity contribution in [3.05, 3.63) is 29.6 Å². The van der Waals surface area contributed by atoms with Crippen LogP contribution in [0, 0.1) is 11.2 Å². The summed E-state index contributed by atoms with van der Waals surface area (Å²) in [6.07, 6.45) is 0. The lowest BCUT2D eigenvalue weighted by Gasteiger charge is -2.43. The van der Waals surface area contributed by atoms with Gasteiger partial charge in [-0.15, -0.1) is 0 Å². The van der Waals surface area contributed by atoms with E-state index in [2.05, 4.69) is 10.2 Å². The van der Waals surface area contributed by atoms with E-state index in [1.54, 1.807) is 6.07 Å². The number of halogens is 1. The third kappa shape index (κ3) is 3.11. The average Bonchev–Trinajstić information content (AvgIpc) is 2.43. The van der Waals surface area contributed by atoms with Crippen molar-refractivity contribution in [1.82, 2.24) is 10.2 Å². The van der Waals surface area contributed by atoms with Crippen molar-refractivity contribution in [2.45, 2.75) is 19.9 Å². The normalized spacial score (nSPS) is 19.0. The smallest absolute Gasteiger partial charge is 0.131 e. The van der Waals surface area contributed by atoms with Gasteiger partial charge in [-0.2, -0.15) is 0 Å². The van der Waals surface area contributed by atoms with Crippen LogP contribution in [0.1, 0.15) is 25.5 Å². The first-order chi connectivity index (χ1) is 9.45. The van der Waals surface area contributed by atoms with Crippen molar-refractivity contribution < 1.29 is 14.6 Å². The Morgan fingerprint density at radius 3 is 2.55 bits per heavy atom. The second-order valence-corrected chi connectivity index (χ2v) is 6.04. The lowest BCUT2D eigenvalue weighted by molar-refractivity contribution is 0.0286. The number of phenolic OH excluding ortho intramolecular Hbond substituents is 1. The van der Waals surface area contributed by atoms with Crippen molar-refractivity contribution in [3.8, 4) is 5.75 Å². The Morgan fingerprint density at radius 1 is 1.35 bits per heavy atom. The number of phenols is 1. The predicted molar refractivity (Wildman–Crippen MR) is 76.1 cm³/mol. The van der Waals surface area contributed by atoms with Gasteiger partial charge >= 0.3 is 0 Å². The maximum Gasteiger partial charge on any atom is 0.131 e. The van der Waals surface area contributed by atoms with E-state index < -0.39 is 11.2 Å². The maximum atomic E-state index is 14.2. The molecule has 0 amide bonds. The van der Waals surface area contributed by atoms with E-state index in [9.17, 15) is 14.6 Å². The van der Waals surface area contributed by atoms with Gasteiger partial charge in [0.25, 0.3) is 0 Å². The molecule has 5 heteroatoms. The molecule has 20 heavy (non-hydrogen) atoms. The number of nitrogens with one attached hydrogen (secondary N) is 1. The molecule has 3 N–H and O–H groups in total. The zero-order chi connectivity index (χ0) is 14.8. The van der Waals surface area contributed by atoms with Gasteiger partial charge in [-0.1, -0.05) is 19.9 Å². The van der Waals surface area contributed by atoms with Crippen molar-refractivity contribution >= 4 is 0 Å². The second kappa shape index (κ2) is 6.08. The zero-order valence-electron chi connectivity index (χ0n) is 12.1. The average molecular weight is 282 g/mol. The van der Waals surface area contributed by atoms with E-state index in [1.807, 2.05) is 13.8 Å². The highest BCUT2D eigenvalue weighted by Gasteiger charge is 2.37. The molecule has 0 radical (unpaired) electrons. The van der Waals surface area contributed by atoms with Crippen molar-refractivity contribution in [2.75, 3.05) is 32.8 Å². The minimum Gasteiger partial charge on any atom is -0.508 e. The van der Waals surface area contributed by atoms with Gasteiger partial charge in [0.2, 0.25) is 0 Å². The molecule has 4 nitrogen and oxygen atoms in total. The third-order valence-corrected chi connectivity index (χ3v) is 3.94. The Balaban J connectivity index is 2.39. The van der Waals surface area contributed by atoms with E-state index >= 15 is 0 Å². The fourth-order valence-corrected chi connectivity index (χ4v) is 2.88. The molecule has 1 aliphatic heterocycles. The van der Waals surface area contributed by atoms with Gasteiger partial charge in [-0.3, -0.25) is 4.90 Å². The van der Waals surface area contributed by atoms with Gasteiger partial charge in [-0.05, 0) is 6.07 Å². The Bertz CT molecular complexity index is 459. The summed E-state index contributed by atoms with van der Waals surface area (Å²) in [6.45, 7) is 7.19. The van der Waals surface area contributed by atoms with Gasteiger partial charge in [0.05, 0.1) is 0 Å². The van der Waals surface area contributed by atoms with Crippen LogP contribution in [0.3, 0.4) is 0 Å². The van der Waals surface area contributed by atoms with Crippen LogP contribution in [0.15, 0.2) is 18.2 Å². The number of aliphatic hydroxyl groups excluding tert-OH is 1. The topological polar surface area (TPSA) is 55.7 Å². The van der Waals surface area contributed by atoms with Gasteiger partial charge in [0, 0.05) is 55.9 Å². The summed E-state index contributed by atoms with van der Waals surface area (Å²) < 4.78 is 14.2. The Labute approximate surface area is 119 Å². The van der Waals surface area contributed by atoms with E-state index in [1.165, 1.54) is 6.07 Å². The van der Waals surface area contributed by atoms with Crippen LogP contribution in [0.25, 0.3) is 0 Å². The molecule has 1 atom stereocenters. The summed E-state index contributed by atoms with van der Waals surface area (Å²) in [5.41, 5.74) is 0.0681. The fourth-order valence-electron chi connectivity index (χ4n) is 2.88. The third-order valence-electron chi connectivity index (χ3n) is 3.94. The molecule has 0 aliphatic carbocycles. The predicted octanol–water partition coefficient (Wildman–Crippen LogP) is 1.50. The van der Waals surface area contributed by atoms with E-state index in [-0.39, 0.29) is 18.4 Å². The van der Waals surface area contributed by atoms with E-state index in [0.29, 0.717) is 5.56 Å². The number of rotatable bonds is 4. The molecule has 0 bridgehead atoms.